The number of carbonyl (C=O) groups excluding carboxylic acids is 1. The van der Waals surface area contributed by atoms with Crippen molar-refractivity contribution in [1.82, 2.24) is 10.2 Å². The van der Waals surface area contributed by atoms with Crippen LogP contribution in [0.4, 0.5) is 0 Å². The Morgan fingerprint density at radius 1 is 1.00 bits per heavy atom. The highest BCUT2D eigenvalue weighted by molar-refractivity contribution is 5.76. The summed E-state index contributed by atoms with van der Waals surface area (Å²) in [5, 5.41) is 3.22. The van der Waals surface area contributed by atoms with E-state index in [1.807, 2.05) is 18.2 Å². The summed E-state index contributed by atoms with van der Waals surface area (Å²) in [6, 6.07) is 21.1. The molecule has 1 unspecified atom stereocenters. The van der Waals surface area contributed by atoms with Crippen molar-refractivity contribution in [3.05, 3.63) is 71.8 Å². The largest absolute Gasteiger partial charge is 0.352 e. The Labute approximate surface area is 144 Å². The van der Waals surface area contributed by atoms with E-state index in [0.29, 0.717) is 6.42 Å². The zero-order valence-electron chi connectivity index (χ0n) is 14.2. The quantitative estimate of drug-likeness (QED) is 0.884. The first-order chi connectivity index (χ1) is 11.8. The second-order valence-electron chi connectivity index (χ2n) is 6.61. The molecule has 2 aromatic carbocycles. The van der Waals surface area contributed by atoms with Crippen LogP contribution in [0.2, 0.25) is 0 Å². The van der Waals surface area contributed by atoms with Gasteiger partial charge < -0.3 is 5.32 Å². The van der Waals surface area contributed by atoms with Crippen LogP contribution in [0, 0.1) is 0 Å². The number of aryl methyl sites for hydroxylation is 1. The molecule has 3 heteroatoms. The number of benzene rings is 2. The van der Waals surface area contributed by atoms with Gasteiger partial charge in [0, 0.05) is 25.6 Å². The number of nitrogens with zero attached hydrogens (tertiary/aromatic N) is 1. The third-order valence-corrected chi connectivity index (χ3v) is 4.60. The standard InChI is InChI=1S/C21H26N2O/c24-21(14-13-18-8-3-1-4-9-18)22-20-12-7-15-23(17-20)16-19-10-5-2-6-11-19/h1-6,8-11,20H,7,12-17H2,(H,22,24). The van der Waals surface area contributed by atoms with E-state index >= 15 is 0 Å². The molecule has 1 N–H and O–H groups in total. The third-order valence-electron chi connectivity index (χ3n) is 4.60. The fraction of sp³-hybridized carbons (Fsp3) is 0.381. The predicted octanol–water partition coefficient (Wildman–Crippen LogP) is 3.40. The van der Waals surface area contributed by atoms with Crippen LogP contribution < -0.4 is 5.32 Å². The predicted molar refractivity (Wildman–Crippen MR) is 97.6 cm³/mol. The average Bonchev–Trinajstić information content (AvgIpc) is 2.62. The summed E-state index contributed by atoms with van der Waals surface area (Å²) in [6.07, 6.45) is 3.62. The fourth-order valence-corrected chi connectivity index (χ4v) is 3.36. The van der Waals surface area contributed by atoms with Crippen LogP contribution in [-0.2, 0) is 17.8 Å². The number of hydrogen-bond acceptors (Lipinski definition) is 2. The van der Waals surface area contributed by atoms with E-state index in [4.69, 9.17) is 0 Å². The van der Waals surface area contributed by atoms with E-state index in [2.05, 4.69) is 52.7 Å². The zero-order chi connectivity index (χ0) is 16.6. The molecule has 3 rings (SSSR count). The van der Waals surface area contributed by atoms with Gasteiger partial charge in [0.2, 0.25) is 5.91 Å². The maximum atomic E-state index is 12.2. The Kier molecular flexibility index (Phi) is 6.02. The van der Waals surface area contributed by atoms with Crippen LogP contribution >= 0.6 is 0 Å². The first kappa shape index (κ1) is 16.7. The van der Waals surface area contributed by atoms with Crippen LogP contribution in [0.25, 0.3) is 0 Å². The molecule has 1 saturated heterocycles. The number of likely N-dealkylation sites (tertiary alicyclic amines) is 1. The van der Waals surface area contributed by atoms with Crippen molar-refractivity contribution >= 4 is 5.91 Å². The molecule has 0 radical (unpaired) electrons. The van der Waals surface area contributed by atoms with E-state index in [9.17, 15) is 4.79 Å². The van der Waals surface area contributed by atoms with Gasteiger partial charge in [-0.05, 0) is 36.9 Å². The smallest absolute Gasteiger partial charge is 0.220 e. The monoisotopic (exact) mass is 322 g/mol. The molecule has 1 aliphatic heterocycles. The number of piperidine rings is 1. The maximum absolute atomic E-state index is 12.2. The summed E-state index contributed by atoms with van der Waals surface area (Å²) < 4.78 is 0. The van der Waals surface area contributed by atoms with Gasteiger partial charge >= 0.3 is 0 Å². The van der Waals surface area contributed by atoms with E-state index in [1.54, 1.807) is 0 Å². The van der Waals surface area contributed by atoms with Crippen molar-refractivity contribution < 1.29 is 4.79 Å². The summed E-state index contributed by atoms with van der Waals surface area (Å²) in [7, 11) is 0. The number of hydrogen-bond donors (Lipinski definition) is 1. The molecule has 24 heavy (non-hydrogen) atoms. The minimum atomic E-state index is 0.172. The minimum absolute atomic E-state index is 0.172. The molecular weight excluding hydrogens is 296 g/mol. The summed E-state index contributed by atoms with van der Waals surface area (Å²) >= 11 is 0. The van der Waals surface area contributed by atoms with E-state index in [0.717, 1.165) is 38.9 Å². The van der Waals surface area contributed by atoms with E-state index in [1.165, 1.54) is 11.1 Å². The average molecular weight is 322 g/mol. The molecule has 3 nitrogen and oxygen atoms in total. The number of rotatable bonds is 6. The molecule has 0 aromatic heterocycles. The lowest BCUT2D eigenvalue weighted by Gasteiger charge is -2.33. The molecule has 1 aliphatic rings. The highest BCUT2D eigenvalue weighted by Crippen LogP contribution is 2.14. The Morgan fingerprint density at radius 2 is 1.67 bits per heavy atom. The minimum Gasteiger partial charge on any atom is -0.352 e. The molecule has 1 atom stereocenters. The van der Waals surface area contributed by atoms with Crippen LogP contribution in [0.5, 0.6) is 0 Å². The molecule has 0 saturated carbocycles. The van der Waals surface area contributed by atoms with Gasteiger partial charge in [-0.2, -0.15) is 0 Å². The van der Waals surface area contributed by atoms with Gasteiger partial charge in [-0.25, -0.2) is 0 Å². The lowest BCUT2D eigenvalue weighted by molar-refractivity contribution is -0.122. The molecule has 2 aromatic rings. The fourth-order valence-electron chi connectivity index (χ4n) is 3.36. The van der Waals surface area contributed by atoms with Crippen LogP contribution in [0.3, 0.4) is 0 Å². The molecule has 1 amide bonds. The Hall–Kier alpha value is -2.13. The lowest BCUT2D eigenvalue weighted by Crippen LogP contribution is -2.47. The highest BCUT2D eigenvalue weighted by Gasteiger charge is 2.21. The Bertz CT molecular complexity index is 627. The van der Waals surface area contributed by atoms with E-state index in [-0.39, 0.29) is 11.9 Å². The topological polar surface area (TPSA) is 32.3 Å². The summed E-state index contributed by atoms with van der Waals surface area (Å²) in [5.41, 5.74) is 2.57. The van der Waals surface area contributed by atoms with Gasteiger partial charge in [-0.15, -0.1) is 0 Å². The Morgan fingerprint density at radius 3 is 2.38 bits per heavy atom. The number of nitrogens with one attached hydrogen (secondary N) is 1. The van der Waals surface area contributed by atoms with Gasteiger partial charge in [0.1, 0.15) is 0 Å². The van der Waals surface area contributed by atoms with E-state index < -0.39 is 0 Å². The number of amides is 1. The number of carbonyl (C=O) groups is 1. The first-order valence-electron chi connectivity index (χ1n) is 8.89. The van der Waals surface area contributed by atoms with Crippen LogP contribution in [0.15, 0.2) is 60.7 Å². The molecular formula is C21H26N2O. The Balaban J connectivity index is 1.44. The van der Waals surface area contributed by atoms with Crippen molar-refractivity contribution in [3.63, 3.8) is 0 Å². The molecule has 0 spiro atoms. The van der Waals surface area contributed by atoms with Gasteiger partial charge in [0.25, 0.3) is 0 Å². The maximum Gasteiger partial charge on any atom is 0.220 e. The molecule has 1 heterocycles. The van der Waals surface area contributed by atoms with Gasteiger partial charge in [-0.3, -0.25) is 9.69 Å². The molecule has 0 bridgehead atoms. The van der Waals surface area contributed by atoms with Crippen molar-refractivity contribution in [2.75, 3.05) is 13.1 Å². The normalized spacial score (nSPS) is 18.2. The summed E-state index contributed by atoms with van der Waals surface area (Å²) in [5.74, 6) is 0.172. The van der Waals surface area contributed by atoms with Crippen LogP contribution in [0.1, 0.15) is 30.4 Å². The first-order valence-corrected chi connectivity index (χ1v) is 8.89. The highest BCUT2D eigenvalue weighted by atomic mass is 16.1. The molecule has 126 valence electrons. The molecule has 1 fully saturated rings. The lowest BCUT2D eigenvalue weighted by atomic mass is 10.0. The van der Waals surface area contributed by atoms with Crippen molar-refractivity contribution in [2.24, 2.45) is 0 Å². The summed E-state index contributed by atoms with van der Waals surface area (Å²) in [6.45, 7) is 3.04. The second-order valence-corrected chi connectivity index (χ2v) is 6.61. The van der Waals surface area contributed by atoms with Gasteiger partial charge in [0.05, 0.1) is 0 Å². The second kappa shape index (κ2) is 8.65. The zero-order valence-corrected chi connectivity index (χ0v) is 14.2. The SMILES string of the molecule is O=C(CCc1ccccc1)NC1CCCN(Cc2ccccc2)C1. The van der Waals surface area contributed by atoms with Crippen molar-refractivity contribution in [3.8, 4) is 0 Å². The molecule has 0 aliphatic carbocycles. The van der Waals surface area contributed by atoms with Gasteiger partial charge in [-0.1, -0.05) is 60.7 Å². The summed E-state index contributed by atoms with van der Waals surface area (Å²) in [4.78, 5) is 14.7. The third kappa shape index (κ3) is 5.20. The van der Waals surface area contributed by atoms with Crippen LogP contribution in [-0.4, -0.2) is 29.9 Å². The van der Waals surface area contributed by atoms with Gasteiger partial charge in [0.15, 0.2) is 0 Å². The van der Waals surface area contributed by atoms with Crippen molar-refractivity contribution in [1.29, 1.82) is 0 Å². The van der Waals surface area contributed by atoms with Crippen molar-refractivity contribution in [2.45, 2.75) is 38.3 Å².